The number of nitrogens with zero attached hydrogens (tertiary/aromatic N) is 4. The van der Waals surface area contributed by atoms with E-state index in [-0.39, 0.29) is 11.5 Å². The predicted molar refractivity (Wildman–Crippen MR) is 48.4 cm³/mol. The molecule has 76 valence electrons. The molecule has 0 aliphatic carbocycles. The van der Waals surface area contributed by atoms with Crippen LogP contribution in [0.25, 0.3) is 0 Å². The molecule has 0 unspecified atom stereocenters. The zero-order valence-corrected chi connectivity index (χ0v) is 7.85. The molecule has 0 radical (unpaired) electrons. The Balaban J connectivity index is 2.88. The Morgan fingerprint density at radius 3 is 3.00 bits per heavy atom. The van der Waals surface area contributed by atoms with Crippen molar-refractivity contribution in [3.8, 4) is 0 Å². The standard InChI is InChI=1S/C6H11N7O/c1-13(2)12-11-5-4(6(14)10-7)8-3-9-5/h3H,7H2,1-2H3,(H,8,9)(H,10,14)/b12-11+. The van der Waals surface area contributed by atoms with Crippen LogP contribution in [0.15, 0.2) is 16.7 Å². The number of nitrogens with one attached hydrogen (secondary N) is 2. The van der Waals surface area contributed by atoms with Crippen LogP contribution in [0, 0.1) is 0 Å². The van der Waals surface area contributed by atoms with Gasteiger partial charge in [0, 0.05) is 14.1 Å². The van der Waals surface area contributed by atoms with Crippen molar-refractivity contribution in [1.82, 2.24) is 20.4 Å². The van der Waals surface area contributed by atoms with Crippen LogP contribution in [-0.4, -0.2) is 35.0 Å². The average molecular weight is 197 g/mol. The molecule has 0 saturated heterocycles. The van der Waals surface area contributed by atoms with Crippen LogP contribution >= 0.6 is 0 Å². The van der Waals surface area contributed by atoms with Gasteiger partial charge in [-0.3, -0.25) is 15.2 Å². The maximum absolute atomic E-state index is 11.1. The van der Waals surface area contributed by atoms with E-state index in [1.54, 1.807) is 14.1 Å². The van der Waals surface area contributed by atoms with Crippen molar-refractivity contribution in [1.29, 1.82) is 0 Å². The van der Waals surface area contributed by atoms with Gasteiger partial charge in [0.1, 0.15) is 0 Å². The van der Waals surface area contributed by atoms with Crippen LogP contribution in [0.3, 0.4) is 0 Å². The lowest BCUT2D eigenvalue weighted by Crippen LogP contribution is -2.30. The molecule has 1 amide bonds. The van der Waals surface area contributed by atoms with Crippen LogP contribution in [0.5, 0.6) is 0 Å². The van der Waals surface area contributed by atoms with E-state index >= 15 is 0 Å². The minimum Gasteiger partial charge on any atom is -0.339 e. The normalized spacial score (nSPS) is 10.5. The highest BCUT2D eigenvalue weighted by molar-refractivity contribution is 5.95. The minimum atomic E-state index is -0.491. The van der Waals surface area contributed by atoms with Gasteiger partial charge in [-0.1, -0.05) is 5.22 Å². The Bertz CT molecular complexity index is 342. The average Bonchev–Trinajstić information content (AvgIpc) is 2.61. The summed E-state index contributed by atoms with van der Waals surface area (Å²) in [5.41, 5.74) is 2.15. The molecule has 8 heteroatoms. The molecule has 1 rings (SSSR count). The van der Waals surface area contributed by atoms with Gasteiger partial charge in [-0.25, -0.2) is 10.8 Å². The molecular weight excluding hydrogens is 186 g/mol. The summed E-state index contributed by atoms with van der Waals surface area (Å²) in [5.74, 6) is 4.66. The zero-order valence-electron chi connectivity index (χ0n) is 7.85. The predicted octanol–water partition coefficient (Wildman–Crippen LogP) is -0.427. The first-order chi connectivity index (χ1) is 6.65. The van der Waals surface area contributed by atoms with Gasteiger partial charge in [0.05, 0.1) is 6.33 Å². The molecule has 0 aliphatic rings. The summed E-state index contributed by atoms with van der Waals surface area (Å²) in [4.78, 5) is 17.5. The second-order valence-electron chi connectivity index (χ2n) is 2.61. The third kappa shape index (κ3) is 2.26. The lowest BCUT2D eigenvalue weighted by atomic mass is 10.4. The van der Waals surface area contributed by atoms with Gasteiger partial charge in [0.15, 0.2) is 5.69 Å². The van der Waals surface area contributed by atoms with Crippen molar-refractivity contribution in [2.24, 2.45) is 16.2 Å². The molecule has 1 heterocycles. The molecule has 1 aromatic heterocycles. The van der Waals surface area contributed by atoms with Gasteiger partial charge in [-0.2, -0.15) is 0 Å². The maximum atomic E-state index is 11.1. The fraction of sp³-hybridized carbons (Fsp3) is 0.333. The SMILES string of the molecule is CN(C)/N=N/c1nc[nH]c1C(=O)NN. The summed E-state index contributed by atoms with van der Waals surface area (Å²) < 4.78 is 0. The van der Waals surface area contributed by atoms with E-state index < -0.39 is 5.91 Å². The minimum absolute atomic E-state index is 0.179. The second-order valence-corrected chi connectivity index (χ2v) is 2.61. The fourth-order valence-corrected chi connectivity index (χ4v) is 0.734. The Morgan fingerprint density at radius 1 is 1.71 bits per heavy atom. The van der Waals surface area contributed by atoms with Gasteiger partial charge < -0.3 is 4.98 Å². The first kappa shape index (κ1) is 10.1. The van der Waals surface area contributed by atoms with Crippen molar-refractivity contribution < 1.29 is 4.79 Å². The molecule has 4 N–H and O–H groups in total. The van der Waals surface area contributed by atoms with Gasteiger partial charge in [0.2, 0.25) is 5.82 Å². The van der Waals surface area contributed by atoms with Crippen LogP contribution in [0.1, 0.15) is 10.5 Å². The Labute approximate surface area is 80.2 Å². The van der Waals surface area contributed by atoms with Crippen LogP contribution < -0.4 is 11.3 Å². The molecular formula is C6H11N7O. The summed E-state index contributed by atoms with van der Waals surface area (Å²) >= 11 is 0. The summed E-state index contributed by atoms with van der Waals surface area (Å²) in [6.45, 7) is 0. The van der Waals surface area contributed by atoms with E-state index in [9.17, 15) is 4.79 Å². The first-order valence-electron chi connectivity index (χ1n) is 3.78. The van der Waals surface area contributed by atoms with Crippen LogP contribution in [-0.2, 0) is 0 Å². The van der Waals surface area contributed by atoms with Gasteiger partial charge >= 0.3 is 0 Å². The Hall–Kier alpha value is -1.96. The number of nitrogens with two attached hydrogens (primary N) is 1. The lowest BCUT2D eigenvalue weighted by molar-refractivity contribution is 0.0950. The van der Waals surface area contributed by atoms with E-state index in [0.717, 1.165) is 0 Å². The number of hydrazine groups is 1. The fourth-order valence-electron chi connectivity index (χ4n) is 0.734. The summed E-state index contributed by atoms with van der Waals surface area (Å²) in [7, 11) is 3.41. The number of carbonyl (C=O) groups excluding carboxylic acids is 1. The molecule has 0 spiro atoms. The molecule has 0 saturated carbocycles. The summed E-state index contributed by atoms with van der Waals surface area (Å²) in [5, 5.41) is 8.91. The second kappa shape index (κ2) is 4.33. The number of carbonyl (C=O) groups is 1. The number of imidazole rings is 1. The molecule has 0 aromatic carbocycles. The van der Waals surface area contributed by atoms with E-state index in [2.05, 4.69) is 20.3 Å². The molecule has 1 aromatic rings. The quantitative estimate of drug-likeness (QED) is 0.264. The van der Waals surface area contributed by atoms with Crippen LogP contribution in [0.4, 0.5) is 5.82 Å². The number of hydrogen-bond donors (Lipinski definition) is 3. The zero-order chi connectivity index (χ0) is 10.6. The van der Waals surface area contributed by atoms with Gasteiger partial charge in [-0.15, -0.1) is 5.11 Å². The molecule has 8 nitrogen and oxygen atoms in total. The molecule has 0 atom stereocenters. The Kier molecular flexibility index (Phi) is 3.13. The van der Waals surface area contributed by atoms with E-state index in [0.29, 0.717) is 0 Å². The van der Waals surface area contributed by atoms with E-state index in [1.165, 1.54) is 11.3 Å². The third-order valence-corrected chi connectivity index (χ3v) is 1.30. The van der Waals surface area contributed by atoms with Crippen molar-refractivity contribution in [3.63, 3.8) is 0 Å². The summed E-state index contributed by atoms with van der Waals surface area (Å²) in [6, 6.07) is 0. The molecule has 0 fully saturated rings. The van der Waals surface area contributed by atoms with Gasteiger partial charge in [-0.05, 0) is 0 Å². The highest BCUT2D eigenvalue weighted by Crippen LogP contribution is 2.13. The highest BCUT2D eigenvalue weighted by atomic mass is 16.2. The van der Waals surface area contributed by atoms with Crippen molar-refractivity contribution in [2.75, 3.05) is 14.1 Å². The topological polar surface area (TPSA) is 112 Å². The number of hydrogen-bond acceptors (Lipinski definition) is 5. The monoisotopic (exact) mass is 197 g/mol. The molecule has 0 aliphatic heterocycles. The smallest absolute Gasteiger partial charge is 0.285 e. The number of amides is 1. The van der Waals surface area contributed by atoms with Crippen molar-refractivity contribution in [2.45, 2.75) is 0 Å². The lowest BCUT2D eigenvalue weighted by Gasteiger charge is -1.99. The third-order valence-electron chi connectivity index (χ3n) is 1.30. The number of nitrogen functional groups attached to an aromatic ring is 1. The maximum Gasteiger partial charge on any atom is 0.285 e. The van der Waals surface area contributed by atoms with Crippen LogP contribution in [0.2, 0.25) is 0 Å². The van der Waals surface area contributed by atoms with E-state index in [1.807, 2.05) is 5.43 Å². The van der Waals surface area contributed by atoms with E-state index in [4.69, 9.17) is 5.84 Å². The number of aromatic amines is 1. The van der Waals surface area contributed by atoms with Crippen molar-refractivity contribution in [3.05, 3.63) is 12.0 Å². The van der Waals surface area contributed by atoms with Crippen molar-refractivity contribution >= 4 is 11.7 Å². The Morgan fingerprint density at radius 2 is 2.43 bits per heavy atom. The number of rotatable bonds is 3. The first-order valence-corrected chi connectivity index (χ1v) is 3.78. The number of H-pyrrole nitrogens is 1. The number of aromatic nitrogens is 2. The molecule has 14 heavy (non-hydrogen) atoms. The highest BCUT2D eigenvalue weighted by Gasteiger charge is 2.12. The molecule has 0 bridgehead atoms. The summed E-state index contributed by atoms with van der Waals surface area (Å²) in [6.07, 6.45) is 1.34. The largest absolute Gasteiger partial charge is 0.339 e. The van der Waals surface area contributed by atoms with Gasteiger partial charge in [0.25, 0.3) is 5.91 Å².